The number of nitrogens with one attached hydrogen (secondary N) is 1. The fourth-order valence-electron chi connectivity index (χ4n) is 4.16. The van der Waals surface area contributed by atoms with Crippen LogP contribution in [0.2, 0.25) is 0 Å². The van der Waals surface area contributed by atoms with Gasteiger partial charge in [-0.3, -0.25) is 9.67 Å². The van der Waals surface area contributed by atoms with Crippen molar-refractivity contribution in [3.63, 3.8) is 0 Å². The van der Waals surface area contributed by atoms with Gasteiger partial charge in [-0.15, -0.1) is 24.0 Å². The summed E-state index contributed by atoms with van der Waals surface area (Å²) in [5.41, 5.74) is 2.47. The van der Waals surface area contributed by atoms with Gasteiger partial charge in [0.15, 0.2) is 5.96 Å². The molecule has 1 aliphatic heterocycles. The molecule has 1 aromatic rings. The molecular weight excluding hydrogens is 475 g/mol. The Kier molecular flexibility index (Phi) is 11.5. The Morgan fingerprint density at radius 1 is 1.34 bits per heavy atom. The summed E-state index contributed by atoms with van der Waals surface area (Å²) >= 11 is 0. The normalized spacial score (nSPS) is 18.2. The van der Waals surface area contributed by atoms with Crippen molar-refractivity contribution in [2.45, 2.75) is 59.9 Å². The predicted octanol–water partition coefficient (Wildman–Crippen LogP) is 3.93. The highest BCUT2D eigenvalue weighted by Crippen LogP contribution is 2.20. The van der Waals surface area contributed by atoms with E-state index >= 15 is 0 Å². The van der Waals surface area contributed by atoms with E-state index in [2.05, 4.69) is 68.1 Å². The monoisotopic (exact) mass is 518 g/mol. The Hall–Kier alpha value is -0.830. The van der Waals surface area contributed by atoms with Crippen LogP contribution >= 0.6 is 24.0 Å². The maximum atomic E-state index is 5.01. The average molecular weight is 519 g/mol. The summed E-state index contributed by atoms with van der Waals surface area (Å²) in [6, 6.07) is 0. The van der Waals surface area contributed by atoms with Crippen LogP contribution in [0.25, 0.3) is 0 Å². The number of halogens is 1. The van der Waals surface area contributed by atoms with Gasteiger partial charge < -0.3 is 15.1 Å². The molecular formula is C22H43IN6. The summed E-state index contributed by atoms with van der Waals surface area (Å²) in [5.74, 6) is 2.83. The van der Waals surface area contributed by atoms with Crippen molar-refractivity contribution < 1.29 is 0 Å². The molecule has 0 radical (unpaired) electrons. The number of aryl methyl sites for hydroxylation is 1. The van der Waals surface area contributed by atoms with Crippen LogP contribution in [0.1, 0.15) is 64.6 Å². The molecule has 2 heterocycles. The van der Waals surface area contributed by atoms with Gasteiger partial charge in [0.1, 0.15) is 0 Å². The van der Waals surface area contributed by atoms with Crippen LogP contribution in [0, 0.1) is 11.8 Å². The molecule has 6 nitrogen and oxygen atoms in total. The summed E-state index contributed by atoms with van der Waals surface area (Å²) in [7, 11) is 4.13. The van der Waals surface area contributed by atoms with Crippen molar-refractivity contribution in [2.75, 3.05) is 39.8 Å². The molecule has 29 heavy (non-hydrogen) atoms. The number of rotatable bonds is 8. The molecule has 0 amide bonds. The minimum absolute atomic E-state index is 0. The molecule has 1 atom stereocenters. The minimum Gasteiger partial charge on any atom is -0.357 e. The molecule has 0 saturated carbocycles. The first kappa shape index (κ1) is 26.2. The summed E-state index contributed by atoms with van der Waals surface area (Å²) in [5, 5.41) is 8.12. The quantitative estimate of drug-likeness (QED) is 0.322. The van der Waals surface area contributed by atoms with Crippen LogP contribution in [0.3, 0.4) is 0 Å². The Morgan fingerprint density at radius 2 is 2.07 bits per heavy atom. The van der Waals surface area contributed by atoms with Crippen molar-refractivity contribution in [3.8, 4) is 0 Å². The van der Waals surface area contributed by atoms with Gasteiger partial charge in [0.25, 0.3) is 0 Å². The first-order chi connectivity index (χ1) is 13.3. The van der Waals surface area contributed by atoms with Gasteiger partial charge in [-0.05, 0) is 44.1 Å². The van der Waals surface area contributed by atoms with Gasteiger partial charge >= 0.3 is 0 Å². The van der Waals surface area contributed by atoms with E-state index in [1.807, 2.05) is 11.7 Å². The topological polar surface area (TPSA) is 48.7 Å². The SMILES string of the molecule is CCNC(=NCC1CCCN(CC(C)C)C1)N(C)Cc1cn(C)nc1C(C)C.I. The first-order valence-electron chi connectivity index (χ1n) is 11.0. The molecule has 1 N–H and O–H groups in total. The van der Waals surface area contributed by atoms with E-state index in [0.29, 0.717) is 11.8 Å². The molecule has 0 aliphatic carbocycles. The van der Waals surface area contributed by atoms with Crippen molar-refractivity contribution in [1.29, 1.82) is 0 Å². The lowest BCUT2D eigenvalue weighted by molar-refractivity contribution is 0.162. The lowest BCUT2D eigenvalue weighted by atomic mass is 9.97. The van der Waals surface area contributed by atoms with E-state index in [4.69, 9.17) is 4.99 Å². The van der Waals surface area contributed by atoms with Crippen molar-refractivity contribution >= 4 is 29.9 Å². The fraction of sp³-hybridized carbons (Fsp3) is 0.818. The first-order valence-corrected chi connectivity index (χ1v) is 11.0. The van der Waals surface area contributed by atoms with Gasteiger partial charge in [0.05, 0.1) is 5.69 Å². The number of hydrogen-bond acceptors (Lipinski definition) is 3. The van der Waals surface area contributed by atoms with Crippen LogP contribution in [0.15, 0.2) is 11.2 Å². The third-order valence-electron chi connectivity index (χ3n) is 5.31. The summed E-state index contributed by atoms with van der Waals surface area (Å²) in [6.45, 7) is 17.4. The van der Waals surface area contributed by atoms with Crippen LogP contribution < -0.4 is 5.32 Å². The highest BCUT2D eigenvalue weighted by molar-refractivity contribution is 14.0. The zero-order valence-corrected chi connectivity index (χ0v) is 21.9. The Morgan fingerprint density at radius 3 is 2.69 bits per heavy atom. The molecule has 2 rings (SSSR count). The third-order valence-corrected chi connectivity index (χ3v) is 5.31. The second-order valence-corrected chi connectivity index (χ2v) is 9.08. The molecule has 1 unspecified atom stereocenters. The smallest absolute Gasteiger partial charge is 0.193 e. The predicted molar refractivity (Wildman–Crippen MR) is 134 cm³/mol. The van der Waals surface area contributed by atoms with Crippen LogP contribution in [-0.2, 0) is 13.6 Å². The van der Waals surface area contributed by atoms with Crippen molar-refractivity contribution in [2.24, 2.45) is 23.9 Å². The highest BCUT2D eigenvalue weighted by atomic mass is 127. The molecule has 1 aromatic heterocycles. The number of likely N-dealkylation sites (tertiary alicyclic amines) is 1. The van der Waals surface area contributed by atoms with Gasteiger partial charge in [-0.2, -0.15) is 5.10 Å². The Labute approximate surface area is 195 Å². The van der Waals surface area contributed by atoms with Gasteiger partial charge in [0, 0.05) is 58.6 Å². The second kappa shape index (κ2) is 12.8. The van der Waals surface area contributed by atoms with Gasteiger partial charge in [-0.25, -0.2) is 0 Å². The summed E-state index contributed by atoms with van der Waals surface area (Å²) in [6.07, 6.45) is 4.73. The van der Waals surface area contributed by atoms with E-state index in [1.165, 1.54) is 43.7 Å². The highest BCUT2D eigenvalue weighted by Gasteiger charge is 2.21. The number of piperidine rings is 1. The van der Waals surface area contributed by atoms with Crippen molar-refractivity contribution in [3.05, 3.63) is 17.5 Å². The van der Waals surface area contributed by atoms with E-state index in [-0.39, 0.29) is 24.0 Å². The van der Waals surface area contributed by atoms with E-state index in [0.717, 1.165) is 31.5 Å². The molecule has 1 aliphatic rings. The molecule has 1 saturated heterocycles. The molecule has 0 aromatic carbocycles. The van der Waals surface area contributed by atoms with E-state index in [1.54, 1.807) is 0 Å². The third kappa shape index (κ3) is 8.44. The largest absolute Gasteiger partial charge is 0.357 e. The standard InChI is InChI=1S/C22H42N6.HI/c1-8-23-22(24-12-19-10-9-11-28(14-19)13-17(2)3)26(6)15-20-16-27(7)25-21(20)18(4)5;/h16-19H,8-15H2,1-7H3,(H,23,24);1H. The zero-order chi connectivity index (χ0) is 20.7. The number of nitrogens with zero attached hydrogens (tertiary/aromatic N) is 5. The zero-order valence-electron chi connectivity index (χ0n) is 19.6. The van der Waals surface area contributed by atoms with Crippen LogP contribution in [0.4, 0.5) is 0 Å². The maximum Gasteiger partial charge on any atom is 0.193 e. The van der Waals surface area contributed by atoms with E-state index < -0.39 is 0 Å². The van der Waals surface area contributed by atoms with Crippen LogP contribution in [-0.4, -0.2) is 65.3 Å². The minimum atomic E-state index is 0. The Balaban J connectivity index is 0.00000420. The van der Waals surface area contributed by atoms with Crippen LogP contribution in [0.5, 0.6) is 0 Å². The fourth-order valence-corrected chi connectivity index (χ4v) is 4.16. The van der Waals surface area contributed by atoms with Crippen molar-refractivity contribution in [1.82, 2.24) is 24.9 Å². The Bertz CT molecular complexity index is 625. The molecule has 0 bridgehead atoms. The molecule has 7 heteroatoms. The summed E-state index contributed by atoms with van der Waals surface area (Å²) in [4.78, 5) is 9.86. The lowest BCUT2D eigenvalue weighted by Gasteiger charge is -2.33. The lowest BCUT2D eigenvalue weighted by Crippen LogP contribution is -2.41. The van der Waals surface area contributed by atoms with E-state index in [9.17, 15) is 0 Å². The molecule has 1 fully saturated rings. The van der Waals surface area contributed by atoms with Gasteiger partial charge in [-0.1, -0.05) is 27.7 Å². The molecule has 168 valence electrons. The number of hydrogen-bond donors (Lipinski definition) is 1. The number of aliphatic imine (C=N–C) groups is 1. The second-order valence-electron chi connectivity index (χ2n) is 9.08. The maximum absolute atomic E-state index is 5.01. The number of aromatic nitrogens is 2. The summed E-state index contributed by atoms with van der Waals surface area (Å²) < 4.78 is 1.92. The average Bonchev–Trinajstić information content (AvgIpc) is 2.98. The van der Waals surface area contributed by atoms with Gasteiger partial charge in [0.2, 0.25) is 0 Å². The molecule has 0 spiro atoms. The number of guanidine groups is 1.